The molecule has 28 heavy (non-hydrogen) atoms. The molecule has 0 aliphatic carbocycles. The first-order valence-corrected chi connectivity index (χ1v) is 9.45. The fourth-order valence-electron chi connectivity index (χ4n) is 3.33. The topological polar surface area (TPSA) is 0 Å². The molecule has 0 radical (unpaired) electrons. The van der Waals surface area contributed by atoms with E-state index in [9.17, 15) is 4.39 Å². The summed E-state index contributed by atoms with van der Waals surface area (Å²) >= 11 is 0. The average molecular weight is 364 g/mol. The molecule has 4 aromatic carbocycles. The average Bonchev–Trinajstić information content (AvgIpc) is 2.77. The van der Waals surface area contributed by atoms with Crippen LogP contribution >= 0.6 is 0 Å². The molecule has 0 amide bonds. The molecule has 4 aromatic rings. The lowest BCUT2D eigenvalue weighted by Crippen LogP contribution is -1.91. The summed E-state index contributed by atoms with van der Waals surface area (Å²) in [5, 5.41) is 0. The van der Waals surface area contributed by atoms with Crippen LogP contribution in [0.1, 0.15) is 16.7 Å². The summed E-state index contributed by atoms with van der Waals surface area (Å²) < 4.78 is 13.2. The zero-order valence-corrected chi connectivity index (χ0v) is 15.6. The van der Waals surface area contributed by atoms with E-state index in [1.807, 2.05) is 24.3 Å². The van der Waals surface area contributed by atoms with Gasteiger partial charge in [-0.3, -0.25) is 0 Å². The standard InChI is InChI=1S/C27H21F/c28-26-18-11-21(12-19-26)13-20-27(24-9-5-2-6-10-24)25-16-14-23(15-17-25)22-7-3-1-4-8-22/h1-12,14-20H,13H2/b27-20-. The molecule has 0 saturated heterocycles. The monoisotopic (exact) mass is 364 g/mol. The number of benzene rings is 4. The van der Waals surface area contributed by atoms with Gasteiger partial charge in [0.2, 0.25) is 0 Å². The molecule has 0 atom stereocenters. The molecule has 0 bridgehead atoms. The predicted octanol–water partition coefficient (Wildman–Crippen LogP) is 7.17. The van der Waals surface area contributed by atoms with Crippen LogP contribution < -0.4 is 0 Å². The minimum atomic E-state index is -0.201. The molecular formula is C27H21F. The van der Waals surface area contributed by atoms with Crippen LogP contribution in [-0.2, 0) is 6.42 Å². The van der Waals surface area contributed by atoms with Crippen LogP contribution in [0.3, 0.4) is 0 Å². The van der Waals surface area contributed by atoms with Crippen LogP contribution in [-0.4, -0.2) is 0 Å². The van der Waals surface area contributed by atoms with E-state index < -0.39 is 0 Å². The minimum Gasteiger partial charge on any atom is -0.207 e. The second kappa shape index (κ2) is 8.49. The predicted molar refractivity (Wildman–Crippen MR) is 116 cm³/mol. The highest BCUT2D eigenvalue weighted by atomic mass is 19.1. The maximum Gasteiger partial charge on any atom is 0.123 e. The first kappa shape index (κ1) is 17.9. The Hall–Kier alpha value is -3.45. The van der Waals surface area contributed by atoms with Gasteiger partial charge in [-0.15, -0.1) is 0 Å². The fourth-order valence-corrected chi connectivity index (χ4v) is 3.33. The molecule has 0 saturated carbocycles. The molecule has 0 fully saturated rings. The van der Waals surface area contributed by atoms with Gasteiger partial charge in [-0.25, -0.2) is 4.39 Å². The lowest BCUT2D eigenvalue weighted by molar-refractivity contribution is 0.627. The smallest absolute Gasteiger partial charge is 0.123 e. The van der Waals surface area contributed by atoms with Crippen molar-refractivity contribution >= 4 is 5.57 Å². The Labute approximate surface area is 165 Å². The van der Waals surface area contributed by atoms with Crippen molar-refractivity contribution in [1.82, 2.24) is 0 Å². The zero-order valence-electron chi connectivity index (χ0n) is 15.6. The highest BCUT2D eigenvalue weighted by molar-refractivity contribution is 5.81. The Balaban J connectivity index is 1.67. The summed E-state index contributed by atoms with van der Waals surface area (Å²) in [6.45, 7) is 0. The van der Waals surface area contributed by atoms with E-state index in [1.165, 1.54) is 40.0 Å². The van der Waals surface area contributed by atoms with Crippen molar-refractivity contribution < 1.29 is 4.39 Å². The molecule has 4 rings (SSSR count). The van der Waals surface area contributed by atoms with Gasteiger partial charge >= 0.3 is 0 Å². The minimum absolute atomic E-state index is 0.201. The van der Waals surface area contributed by atoms with Crippen molar-refractivity contribution in [2.24, 2.45) is 0 Å². The largest absolute Gasteiger partial charge is 0.207 e. The molecule has 0 heterocycles. The molecule has 0 unspecified atom stereocenters. The van der Waals surface area contributed by atoms with Crippen molar-refractivity contribution in [2.45, 2.75) is 6.42 Å². The highest BCUT2D eigenvalue weighted by Gasteiger charge is 2.06. The third kappa shape index (κ3) is 4.27. The van der Waals surface area contributed by atoms with Crippen molar-refractivity contribution in [2.75, 3.05) is 0 Å². The van der Waals surface area contributed by atoms with Crippen molar-refractivity contribution in [3.8, 4) is 11.1 Å². The van der Waals surface area contributed by atoms with Gasteiger partial charge in [-0.1, -0.05) is 103 Å². The first-order chi connectivity index (χ1) is 13.8. The van der Waals surface area contributed by atoms with Crippen LogP contribution in [0.15, 0.2) is 115 Å². The van der Waals surface area contributed by atoms with E-state index in [2.05, 4.69) is 78.9 Å². The van der Waals surface area contributed by atoms with E-state index in [-0.39, 0.29) is 5.82 Å². The Bertz CT molecular complexity index is 1040. The maximum absolute atomic E-state index is 13.2. The normalized spacial score (nSPS) is 11.4. The van der Waals surface area contributed by atoms with Crippen LogP contribution in [0.5, 0.6) is 0 Å². The molecule has 0 aromatic heterocycles. The van der Waals surface area contributed by atoms with Crippen molar-refractivity contribution in [3.05, 3.63) is 138 Å². The Morgan fingerprint density at radius 1 is 0.571 bits per heavy atom. The second-order valence-corrected chi connectivity index (χ2v) is 6.76. The summed E-state index contributed by atoms with van der Waals surface area (Å²) in [5.41, 5.74) is 7.05. The Morgan fingerprint density at radius 2 is 1.11 bits per heavy atom. The quantitative estimate of drug-likeness (QED) is 0.352. The van der Waals surface area contributed by atoms with Crippen LogP contribution in [0.4, 0.5) is 4.39 Å². The molecule has 0 spiro atoms. The maximum atomic E-state index is 13.2. The SMILES string of the molecule is Fc1ccc(C/C=C(/c2ccccc2)c2ccc(-c3ccccc3)cc2)cc1. The third-order valence-corrected chi connectivity index (χ3v) is 4.84. The lowest BCUT2D eigenvalue weighted by atomic mass is 9.94. The van der Waals surface area contributed by atoms with Gasteiger partial charge in [0.25, 0.3) is 0 Å². The number of allylic oxidation sites excluding steroid dienone is 1. The van der Waals surface area contributed by atoms with Gasteiger partial charge in [-0.2, -0.15) is 0 Å². The van der Waals surface area contributed by atoms with Gasteiger partial charge in [0.15, 0.2) is 0 Å². The van der Waals surface area contributed by atoms with Gasteiger partial charge in [0, 0.05) is 0 Å². The van der Waals surface area contributed by atoms with E-state index in [1.54, 1.807) is 0 Å². The van der Waals surface area contributed by atoms with E-state index in [0.717, 1.165) is 12.0 Å². The molecule has 0 N–H and O–H groups in total. The van der Waals surface area contributed by atoms with E-state index in [0.29, 0.717) is 0 Å². The highest BCUT2D eigenvalue weighted by Crippen LogP contribution is 2.27. The first-order valence-electron chi connectivity index (χ1n) is 9.45. The van der Waals surface area contributed by atoms with Crippen molar-refractivity contribution in [1.29, 1.82) is 0 Å². The molecule has 0 aliphatic heterocycles. The number of halogens is 1. The fraction of sp³-hybridized carbons (Fsp3) is 0.0370. The summed E-state index contributed by atoms with van der Waals surface area (Å²) in [6.07, 6.45) is 2.98. The molecule has 0 aliphatic rings. The molecule has 136 valence electrons. The third-order valence-electron chi connectivity index (χ3n) is 4.84. The number of hydrogen-bond donors (Lipinski definition) is 0. The van der Waals surface area contributed by atoms with Crippen LogP contribution in [0.2, 0.25) is 0 Å². The molecular weight excluding hydrogens is 343 g/mol. The molecule has 0 nitrogen and oxygen atoms in total. The summed E-state index contributed by atoms with van der Waals surface area (Å²) in [6, 6.07) is 36.2. The molecule has 1 heteroatoms. The second-order valence-electron chi connectivity index (χ2n) is 6.76. The van der Waals surface area contributed by atoms with Gasteiger partial charge in [0.1, 0.15) is 5.82 Å². The van der Waals surface area contributed by atoms with Gasteiger partial charge in [0.05, 0.1) is 0 Å². The van der Waals surface area contributed by atoms with Crippen molar-refractivity contribution in [3.63, 3.8) is 0 Å². The zero-order chi connectivity index (χ0) is 19.2. The Kier molecular flexibility index (Phi) is 5.44. The van der Waals surface area contributed by atoms with Gasteiger partial charge in [-0.05, 0) is 51.9 Å². The Morgan fingerprint density at radius 3 is 1.75 bits per heavy atom. The van der Waals surface area contributed by atoms with Gasteiger partial charge < -0.3 is 0 Å². The number of hydrogen-bond acceptors (Lipinski definition) is 0. The van der Waals surface area contributed by atoms with Crippen LogP contribution in [0.25, 0.3) is 16.7 Å². The van der Waals surface area contributed by atoms with Crippen LogP contribution in [0, 0.1) is 5.82 Å². The summed E-state index contributed by atoms with van der Waals surface area (Å²) in [4.78, 5) is 0. The van der Waals surface area contributed by atoms with E-state index in [4.69, 9.17) is 0 Å². The summed E-state index contributed by atoms with van der Waals surface area (Å²) in [7, 11) is 0. The summed E-state index contributed by atoms with van der Waals surface area (Å²) in [5.74, 6) is -0.201. The number of rotatable bonds is 5. The lowest BCUT2D eigenvalue weighted by Gasteiger charge is -2.11. The van der Waals surface area contributed by atoms with E-state index >= 15 is 0 Å².